The van der Waals surface area contributed by atoms with Crippen LogP contribution in [0.3, 0.4) is 0 Å². The van der Waals surface area contributed by atoms with Gasteiger partial charge in [0.25, 0.3) is 11.8 Å². The second-order valence-electron chi connectivity index (χ2n) is 5.60. The number of aromatic hydroxyl groups is 1. The van der Waals surface area contributed by atoms with Crippen LogP contribution in [0.1, 0.15) is 11.1 Å². The van der Waals surface area contributed by atoms with Gasteiger partial charge in [-0.25, -0.2) is 0 Å². The molecule has 0 atom stereocenters. The molecule has 2 aromatic carbocycles. The molecule has 3 rings (SSSR count). The van der Waals surface area contributed by atoms with E-state index in [1.54, 1.807) is 24.3 Å². The average Bonchev–Trinajstić information content (AvgIpc) is 2.56. The van der Waals surface area contributed by atoms with E-state index < -0.39 is 11.8 Å². The number of nitrogens with one attached hydrogen (secondary N) is 1. The van der Waals surface area contributed by atoms with Crippen LogP contribution in [0, 0.1) is 10.5 Å². The zero-order valence-electron chi connectivity index (χ0n) is 13.4. The van der Waals surface area contributed by atoms with Crippen molar-refractivity contribution in [3.8, 4) is 5.75 Å². The van der Waals surface area contributed by atoms with Gasteiger partial charge in [-0.1, -0.05) is 22.0 Å². The number of carbonyl (C=O) groups is 2. The number of hydrogen-bond acceptors (Lipinski definition) is 4. The summed E-state index contributed by atoms with van der Waals surface area (Å²) in [5, 5.41) is 12.2. The first-order valence-electron chi connectivity index (χ1n) is 7.44. The third-order valence-electron chi connectivity index (χ3n) is 3.78. The second kappa shape index (κ2) is 7.45. The van der Waals surface area contributed by atoms with E-state index >= 15 is 0 Å². The summed E-state index contributed by atoms with van der Waals surface area (Å²) in [6.45, 7) is 1.86. The van der Waals surface area contributed by atoms with Crippen LogP contribution in [-0.2, 0) is 9.59 Å². The maximum Gasteiger partial charge on any atom is 0.270 e. The third kappa shape index (κ3) is 3.67. The molecular weight excluding hydrogens is 531 g/mol. The van der Waals surface area contributed by atoms with Gasteiger partial charge in [0.2, 0.25) is 0 Å². The number of thiocarbonyl (C=S) groups is 1. The minimum atomic E-state index is -0.547. The van der Waals surface area contributed by atoms with Gasteiger partial charge in [-0.05, 0) is 89.3 Å². The number of phenols is 1. The molecule has 0 unspecified atom stereocenters. The van der Waals surface area contributed by atoms with Gasteiger partial charge >= 0.3 is 0 Å². The van der Waals surface area contributed by atoms with Crippen LogP contribution < -0.4 is 10.2 Å². The van der Waals surface area contributed by atoms with Crippen LogP contribution in [-0.4, -0.2) is 22.0 Å². The van der Waals surface area contributed by atoms with Crippen LogP contribution in [0.2, 0.25) is 0 Å². The van der Waals surface area contributed by atoms with Gasteiger partial charge in [0.05, 0.1) is 9.26 Å². The predicted octanol–water partition coefficient (Wildman–Crippen LogP) is 3.90. The Morgan fingerprint density at radius 3 is 2.62 bits per heavy atom. The van der Waals surface area contributed by atoms with Crippen molar-refractivity contribution >= 4 is 79.4 Å². The van der Waals surface area contributed by atoms with Gasteiger partial charge < -0.3 is 5.11 Å². The Morgan fingerprint density at radius 2 is 1.96 bits per heavy atom. The molecule has 2 N–H and O–H groups in total. The van der Waals surface area contributed by atoms with Gasteiger partial charge in [0, 0.05) is 4.47 Å². The number of benzene rings is 2. The van der Waals surface area contributed by atoms with Crippen LogP contribution in [0.15, 0.2) is 46.4 Å². The van der Waals surface area contributed by atoms with Gasteiger partial charge in [0.1, 0.15) is 11.3 Å². The van der Waals surface area contributed by atoms with Crippen molar-refractivity contribution in [1.29, 1.82) is 0 Å². The van der Waals surface area contributed by atoms with Crippen LogP contribution in [0.4, 0.5) is 5.69 Å². The lowest BCUT2D eigenvalue weighted by Crippen LogP contribution is -2.54. The first kappa shape index (κ1) is 19.0. The molecule has 0 aromatic heterocycles. The van der Waals surface area contributed by atoms with Crippen molar-refractivity contribution in [1.82, 2.24) is 5.32 Å². The van der Waals surface area contributed by atoms with Crippen molar-refractivity contribution in [3.05, 3.63) is 61.1 Å². The van der Waals surface area contributed by atoms with Crippen LogP contribution in [0.25, 0.3) is 6.08 Å². The van der Waals surface area contributed by atoms with E-state index in [0.29, 0.717) is 14.8 Å². The highest BCUT2D eigenvalue weighted by molar-refractivity contribution is 14.1. The summed E-state index contributed by atoms with van der Waals surface area (Å²) in [7, 11) is 0. The summed E-state index contributed by atoms with van der Waals surface area (Å²) in [6, 6.07) is 10.3. The molecule has 1 fully saturated rings. The highest BCUT2D eigenvalue weighted by Crippen LogP contribution is 2.28. The second-order valence-corrected chi connectivity index (χ2v) is 8.06. The quantitative estimate of drug-likeness (QED) is 0.261. The molecule has 0 bridgehead atoms. The fraction of sp³-hybridized carbons (Fsp3) is 0.0556. The molecule has 2 amide bonds. The lowest BCUT2D eigenvalue weighted by molar-refractivity contribution is -0.122. The standard InChI is InChI=1S/C18H12BrIN2O3S/c1-9-6-11(19)3-4-14(9)22-17(25)12(16(24)21-18(22)26)7-10-2-5-15(23)13(20)8-10/h2-8,23H,1H3,(H,21,24,26)/b12-7+. The predicted molar refractivity (Wildman–Crippen MR) is 116 cm³/mol. The average molecular weight is 543 g/mol. The monoisotopic (exact) mass is 542 g/mol. The summed E-state index contributed by atoms with van der Waals surface area (Å²) >= 11 is 10.6. The van der Waals surface area contributed by atoms with E-state index in [4.69, 9.17) is 12.2 Å². The maximum absolute atomic E-state index is 13.0. The number of hydrogen-bond donors (Lipinski definition) is 2. The third-order valence-corrected chi connectivity index (χ3v) is 5.43. The minimum Gasteiger partial charge on any atom is -0.507 e. The number of phenolic OH excluding ortho intramolecular Hbond substituents is 1. The highest BCUT2D eigenvalue weighted by atomic mass is 127. The van der Waals surface area contributed by atoms with Crippen molar-refractivity contribution in [3.63, 3.8) is 0 Å². The van der Waals surface area contributed by atoms with Crippen LogP contribution in [0.5, 0.6) is 5.75 Å². The number of halogens is 2. The number of aryl methyl sites for hydroxylation is 1. The molecule has 1 heterocycles. The fourth-order valence-electron chi connectivity index (χ4n) is 2.53. The summed E-state index contributed by atoms with van der Waals surface area (Å²) < 4.78 is 1.50. The molecule has 8 heteroatoms. The topological polar surface area (TPSA) is 69.6 Å². The number of anilines is 1. The summed E-state index contributed by atoms with van der Waals surface area (Å²) in [6.07, 6.45) is 1.49. The molecule has 5 nitrogen and oxygen atoms in total. The first-order valence-corrected chi connectivity index (χ1v) is 9.72. The Hall–Kier alpha value is -1.78. The first-order chi connectivity index (χ1) is 12.3. The fourth-order valence-corrected chi connectivity index (χ4v) is 3.81. The smallest absolute Gasteiger partial charge is 0.270 e. The lowest BCUT2D eigenvalue weighted by atomic mass is 10.1. The Labute approximate surface area is 177 Å². The number of amides is 2. The maximum atomic E-state index is 13.0. The van der Waals surface area contributed by atoms with E-state index in [9.17, 15) is 14.7 Å². The zero-order valence-corrected chi connectivity index (χ0v) is 18.0. The van der Waals surface area contributed by atoms with Crippen molar-refractivity contribution in [2.45, 2.75) is 6.92 Å². The molecule has 1 saturated heterocycles. The number of carbonyl (C=O) groups excluding carboxylic acids is 2. The van der Waals surface area contributed by atoms with E-state index in [0.717, 1.165) is 10.0 Å². The van der Waals surface area contributed by atoms with Gasteiger partial charge in [0.15, 0.2) is 5.11 Å². The largest absolute Gasteiger partial charge is 0.507 e. The molecule has 0 spiro atoms. The SMILES string of the molecule is Cc1cc(Br)ccc1N1C(=O)/C(=C/c2ccc(O)c(I)c2)C(=O)NC1=S. The Bertz CT molecular complexity index is 990. The Morgan fingerprint density at radius 1 is 1.23 bits per heavy atom. The normalized spacial score (nSPS) is 16.2. The molecule has 26 heavy (non-hydrogen) atoms. The van der Waals surface area contributed by atoms with Gasteiger partial charge in [-0.15, -0.1) is 0 Å². The van der Waals surface area contributed by atoms with Crippen molar-refractivity contribution in [2.24, 2.45) is 0 Å². The minimum absolute atomic E-state index is 0.0255. The summed E-state index contributed by atoms with van der Waals surface area (Å²) in [5.74, 6) is -0.901. The molecule has 0 aliphatic carbocycles. The van der Waals surface area contributed by atoms with Crippen molar-refractivity contribution in [2.75, 3.05) is 4.90 Å². The Kier molecular flexibility index (Phi) is 5.44. The van der Waals surface area contributed by atoms with Gasteiger partial charge in [-0.2, -0.15) is 0 Å². The molecule has 1 aliphatic heterocycles. The Balaban J connectivity index is 2.05. The number of rotatable bonds is 2. The number of nitrogens with zero attached hydrogens (tertiary/aromatic N) is 1. The zero-order chi connectivity index (χ0) is 19.0. The summed E-state index contributed by atoms with van der Waals surface area (Å²) in [5.41, 5.74) is 2.05. The molecular formula is C18H12BrIN2O3S. The molecule has 0 saturated carbocycles. The molecule has 0 radical (unpaired) electrons. The van der Waals surface area contributed by atoms with Crippen LogP contribution >= 0.6 is 50.7 Å². The van der Waals surface area contributed by atoms with E-state index in [1.165, 1.54) is 17.0 Å². The van der Waals surface area contributed by atoms with Crippen molar-refractivity contribution < 1.29 is 14.7 Å². The van der Waals surface area contributed by atoms with E-state index in [2.05, 4.69) is 21.2 Å². The molecule has 132 valence electrons. The summed E-state index contributed by atoms with van der Waals surface area (Å²) in [4.78, 5) is 26.6. The molecule has 1 aliphatic rings. The van der Waals surface area contributed by atoms with E-state index in [1.807, 2.05) is 35.6 Å². The van der Waals surface area contributed by atoms with Gasteiger partial charge in [-0.3, -0.25) is 19.8 Å². The van der Waals surface area contributed by atoms with E-state index in [-0.39, 0.29) is 16.4 Å². The lowest BCUT2D eigenvalue weighted by Gasteiger charge is -2.30. The molecule has 2 aromatic rings. The highest BCUT2D eigenvalue weighted by Gasteiger charge is 2.35.